The molecule has 2 atom stereocenters. The van der Waals surface area contributed by atoms with E-state index >= 15 is 0 Å². The maximum absolute atomic E-state index is 13.9. The minimum Gasteiger partial charge on any atom is -0.505 e. The molecule has 38 heavy (non-hydrogen) atoms. The lowest BCUT2D eigenvalue weighted by Crippen LogP contribution is -2.44. The van der Waals surface area contributed by atoms with Crippen molar-refractivity contribution < 1.29 is 9.50 Å². The highest BCUT2D eigenvalue weighted by Crippen LogP contribution is 2.39. The molecule has 1 N–H and O–H groups in total. The van der Waals surface area contributed by atoms with Gasteiger partial charge in [-0.15, -0.1) is 0 Å². The third-order valence-electron chi connectivity index (χ3n) is 8.04. The second-order valence-corrected chi connectivity index (χ2v) is 10.3. The summed E-state index contributed by atoms with van der Waals surface area (Å²) < 4.78 is 15.8. The molecular weight excluding hydrogens is 479 g/mol. The van der Waals surface area contributed by atoms with Gasteiger partial charge < -0.3 is 10.0 Å². The van der Waals surface area contributed by atoms with Crippen LogP contribution in [0.5, 0.6) is 5.75 Å². The highest BCUT2D eigenvalue weighted by Gasteiger charge is 2.41. The quantitative estimate of drug-likeness (QED) is 0.363. The van der Waals surface area contributed by atoms with Crippen LogP contribution in [0.2, 0.25) is 0 Å². The fraction of sp³-hybridized carbons (Fsp3) is 0.233. The molecule has 5 aromatic rings. The molecular formula is C30H27FN6O. The average Bonchev–Trinajstić information content (AvgIpc) is 3.63. The van der Waals surface area contributed by atoms with Crippen LogP contribution in [0.1, 0.15) is 12.0 Å². The number of halogens is 1. The Hall–Kier alpha value is -4.30. The van der Waals surface area contributed by atoms with Gasteiger partial charge in [-0.1, -0.05) is 12.1 Å². The smallest absolute Gasteiger partial charge is 0.164 e. The summed E-state index contributed by atoms with van der Waals surface area (Å²) in [5, 5.41) is 15.1. The fourth-order valence-electron chi connectivity index (χ4n) is 6.09. The Morgan fingerprint density at radius 2 is 1.76 bits per heavy atom. The maximum atomic E-state index is 13.9. The van der Waals surface area contributed by atoms with E-state index in [-0.39, 0.29) is 0 Å². The molecule has 190 valence electrons. The van der Waals surface area contributed by atoms with Crippen LogP contribution in [0.25, 0.3) is 39.3 Å². The van der Waals surface area contributed by atoms with E-state index < -0.39 is 11.6 Å². The lowest BCUT2D eigenvalue weighted by atomic mass is 10.0. The number of likely N-dealkylation sites (tertiary alicyclic amines) is 1. The van der Waals surface area contributed by atoms with Crippen molar-refractivity contribution in [3.05, 3.63) is 84.6 Å². The van der Waals surface area contributed by atoms with E-state index in [9.17, 15) is 9.50 Å². The van der Waals surface area contributed by atoms with Crippen LogP contribution in [0, 0.1) is 12.7 Å². The zero-order valence-corrected chi connectivity index (χ0v) is 21.2. The number of fused-ring (bicyclic) bond motifs is 3. The van der Waals surface area contributed by atoms with Gasteiger partial charge in [0.25, 0.3) is 0 Å². The Morgan fingerprint density at radius 3 is 2.47 bits per heavy atom. The van der Waals surface area contributed by atoms with Crippen molar-refractivity contribution in [3.63, 3.8) is 0 Å². The number of likely N-dealkylation sites (N-methyl/N-ethyl adjacent to an activating group) is 1. The Balaban J connectivity index is 1.37. The number of pyridine rings is 1. The first-order chi connectivity index (χ1) is 18.5. The zero-order chi connectivity index (χ0) is 26.0. The summed E-state index contributed by atoms with van der Waals surface area (Å²) in [5.74, 6) is -1.08. The SMILES string of the molecule is Cc1cc(N2C[C@@H]3C[C@H]2CN3C)ccc1-c1ccnc2c(-c3ccc(F)c(O)c3)c(-c3ccncc3)nn12. The minimum atomic E-state index is -0.669. The predicted octanol–water partition coefficient (Wildman–Crippen LogP) is 5.17. The van der Waals surface area contributed by atoms with Crippen LogP contribution in [-0.2, 0) is 0 Å². The third kappa shape index (κ3) is 3.55. The molecule has 2 aliphatic rings. The lowest BCUT2D eigenvalue weighted by molar-refractivity contribution is 0.292. The molecule has 3 aromatic heterocycles. The van der Waals surface area contributed by atoms with Crippen molar-refractivity contribution in [1.82, 2.24) is 24.5 Å². The van der Waals surface area contributed by atoms with E-state index in [0.717, 1.165) is 41.0 Å². The van der Waals surface area contributed by atoms with Gasteiger partial charge in [0.1, 0.15) is 5.69 Å². The van der Waals surface area contributed by atoms with Crippen LogP contribution < -0.4 is 4.90 Å². The highest BCUT2D eigenvalue weighted by atomic mass is 19.1. The number of phenolic OH excluding ortho intramolecular Hbond substituents is 1. The van der Waals surface area contributed by atoms with E-state index in [1.165, 1.54) is 24.2 Å². The molecule has 2 aliphatic heterocycles. The summed E-state index contributed by atoms with van der Waals surface area (Å²) in [7, 11) is 2.22. The molecule has 0 unspecified atom stereocenters. The van der Waals surface area contributed by atoms with Crippen molar-refractivity contribution in [2.45, 2.75) is 25.4 Å². The Bertz CT molecular complexity index is 1680. The monoisotopic (exact) mass is 506 g/mol. The molecule has 8 heteroatoms. The fourth-order valence-corrected chi connectivity index (χ4v) is 6.09. The molecule has 0 radical (unpaired) electrons. The van der Waals surface area contributed by atoms with Gasteiger partial charge in [0, 0.05) is 60.6 Å². The van der Waals surface area contributed by atoms with Crippen LogP contribution in [-0.4, -0.2) is 61.8 Å². The number of benzene rings is 2. The maximum Gasteiger partial charge on any atom is 0.164 e. The first-order valence-electron chi connectivity index (χ1n) is 12.8. The predicted molar refractivity (Wildman–Crippen MR) is 146 cm³/mol. The van der Waals surface area contributed by atoms with Crippen molar-refractivity contribution in [3.8, 4) is 39.4 Å². The summed E-state index contributed by atoms with van der Waals surface area (Å²) in [6, 6.07) is 17.9. The largest absolute Gasteiger partial charge is 0.505 e. The standard InChI is InChI=1S/C30H27FN6O/c1-18-13-21(36-17-22-15-23(36)16-35(22)2)4-5-24(18)26-9-12-33-30-28(20-3-6-25(31)27(38)14-20)29(34-37(26)30)19-7-10-32-11-8-19/h3-14,22-23,38H,15-17H2,1-2H3/t22-,23-/m0/s1. The van der Waals surface area contributed by atoms with Crippen LogP contribution in [0.3, 0.4) is 0 Å². The minimum absolute atomic E-state index is 0.410. The van der Waals surface area contributed by atoms with E-state index in [1.807, 2.05) is 22.7 Å². The average molecular weight is 507 g/mol. The second kappa shape index (κ2) is 8.63. The number of phenols is 1. The topological polar surface area (TPSA) is 69.8 Å². The Kier molecular flexibility index (Phi) is 5.19. The number of rotatable bonds is 4. The van der Waals surface area contributed by atoms with E-state index in [4.69, 9.17) is 5.10 Å². The molecule has 0 spiro atoms. The number of anilines is 1. The molecule has 0 amide bonds. The van der Waals surface area contributed by atoms with Crippen LogP contribution in [0.4, 0.5) is 10.1 Å². The molecule has 2 bridgehead atoms. The molecule has 0 aliphatic carbocycles. The molecule has 0 saturated carbocycles. The van der Waals surface area contributed by atoms with Gasteiger partial charge in [-0.05, 0) is 74.0 Å². The highest BCUT2D eigenvalue weighted by molar-refractivity contribution is 5.91. The van der Waals surface area contributed by atoms with Gasteiger partial charge >= 0.3 is 0 Å². The van der Waals surface area contributed by atoms with Gasteiger partial charge in [0.05, 0.1) is 11.3 Å². The molecule has 5 heterocycles. The van der Waals surface area contributed by atoms with Gasteiger partial charge in [0.2, 0.25) is 0 Å². The van der Waals surface area contributed by atoms with Gasteiger partial charge in [-0.2, -0.15) is 5.10 Å². The van der Waals surface area contributed by atoms with E-state index in [2.05, 4.69) is 51.9 Å². The molecule has 2 aromatic carbocycles. The Morgan fingerprint density at radius 1 is 0.921 bits per heavy atom. The number of aromatic hydroxyl groups is 1. The summed E-state index contributed by atoms with van der Waals surface area (Å²) in [6.07, 6.45) is 6.43. The summed E-state index contributed by atoms with van der Waals surface area (Å²) in [4.78, 5) is 13.8. The number of hydrogen-bond donors (Lipinski definition) is 1. The summed E-state index contributed by atoms with van der Waals surface area (Å²) in [6.45, 7) is 4.32. The zero-order valence-electron chi connectivity index (χ0n) is 21.2. The normalized spacial score (nSPS) is 19.1. The Labute approximate surface area is 219 Å². The van der Waals surface area contributed by atoms with Gasteiger partial charge in [-0.3, -0.25) is 9.88 Å². The summed E-state index contributed by atoms with van der Waals surface area (Å²) >= 11 is 0. The lowest BCUT2D eigenvalue weighted by Gasteiger charge is -2.34. The molecule has 2 fully saturated rings. The van der Waals surface area contributed by atoms with Crippen molar-refractivity contribution in [2.75, 3.05) is 25.0 Å². The van der Waals surface area contributed by atoms with Crippen LogP contribution >= 0.6 is 0 Å². The van der Waals surface area contributed by atoms with Crippen molar-refractivity contribution >= 4 is 11.3 Å². The molecule has 7 nitrogen and oxygen atoms in total. The summed E-state index contributed by atoms with van der Waals surface area (Å²) in [5.41, 5.74) is 7.93. The van der Waals surface area contributed by atoms with Gasteiger partial charge in [-0.25, -0.2) is 13.9 Å². The van der Waals surface area contributed by atoms with Crippen LogP contribution in [0.15, 0.2) is 73.2 Å². The third-order valence-corrected chi connectivity index (χ3v) is 8.04. The van der Waals surface area contributed by atoms with Crippen molar-refractivity contribution in [1.29, 1.82) is 0 Å². The molecule has 7 rings (SSSR count). The number of nitrogens with zero attached hydrogens (tertiary/aromatic N) is 6. The number of aromatic nitrogens is 4. The number of hydrogen-bond acceptors (Lipinski definition) is 6. The second-order valence-electron chi connectivity index (χ2n) is 10.3. The van der Waals surface area contributed by atoms with E-state index in [1.54, 1.807) is 24.7 Å². The first kappa shape index (κ1) is 22.9. The van der Waals surface area contributed by atoms with E-state index in [0.29, 0.717) is 29.0 Å². The van der Waals surface area contributed by atoms with Crippen molar-refractivity contribution in [2.24, 2.45) is 0 Å². The van der Waals surface area contributed by atoms with Gasteiger partial charge in [0.15, 0.2) is 17.2 Å². The first-order valence-corrected chi connectivity index (χ1v) is 12.8. The number of piperazine rings is 1. The number of aryl methyl sites for hydroxylation is 1. The molecule has 2 saturated heterocycles.